The predicted octanol–water partition coefficient (Wildman–Crippen LogP) is 4.05. The molecule has 0 saturated heterocycles. The van der Waals surface area contributed by atoms with Gasteiger partial charge in [0, 0.05) is 29.8 Å². The molecular formula is C15H24ClNO. The second kappa shape index (κ2) is 7.78. The SMILES string of the molecule is CC(C)COC(CNC(C)C)c1ccccc1Cl. The largest absolute Gasteiger partial charge is 0.372 e. The van der Waals surface area contributed by atoms with Gasteiger partial charge < -0.3 is 10.1 Å². The van der Waals surface area contributed by atoms with Crippen LogP contribution in [0.1, 0.15) is 39.4 Å². The third-order valence-electron chi connectivity index (χ3n) is 2.59. The van der Waals surface area contributed by atoms with Crippen molar-refractivity contribution in [3.63, 3.8) is 0 Å². The van der Waals surface area contributed by atoms with Gasteiger partial charge in [-0.25, -0.2) is 0 Å². The van der Waals surface area contributed by atoms with Crippen molar-refractivity contribution >= 4 is 11.6 Å². The molecule has 0 aromatic heterocycles. The number of hydrogen-bond donors (Lipinski definition) is 1. The fourth-order valence-corrected chi connectivity index (χ4v) is 1.90. The van der Waals surface area contributed by atoms with Crippen LogP contribution in [-0.4, -0.2) is 19.2 Å². The molecule has 0 heterocycles. The minimum absolute atomic E-state index is 0.0171. The molecule has 18 heavy (non-hydrogen) atoms. The summed E-state index contributed by atoms with van der Waals surface area (Å²) in [6.07, 6.45) is 0.0171. The van der Waals surface area contributed by atoms with Crippen molar-refractivity contribution in [3.8, 4) is 0 Å². The van der Waals surface area contributed by atoms with Crippen LogP contribution in [0, 0.1) is 5.92 Å². The molecular weight excluding hydrogens is 246 g/mol. The first kappa shape index (κ1) is 15.5. The maximum Gasteiger partial charge on any atom is 0.0963 e. The number of benzene rings is 1. The molecule has 0 radical (unpaired) electrons. The highest BCUT2D eigenvalue weighted by molar-refractivity contribution is 6.31. The van der Waals surface area contributed by atoms with Crippen molar-refractivity contribution in [1.82, 2.24) is 5.32 Å². The number of hydrogen-bond acceptors (Lipinski definition) is 2. The van der Waals surface area contributed by atoms with Crippen LogP contribution in [0.5, 0.6) is 0 Å². The predicted molar refractivity (Wildman–Crippen MR) is 78.1 cm³/mol. The van der Waals surface area contributed by atoms with Gasteiger partial charge in [0.05, 0.1) is 6.10 Å². The van der Waals surface area contributed by atoms with Crippen LogP contribution < -0.4 is 5.32 Å². The summed E-state index contributed by atoms with van der Waals surface area (Å²) in [7, 11) is 0. The topological polar surface area (TPSA) is 21.3 Å². The van der Waals surface area contributed by atoms with E-state index in [2.05, 4.69) is 33.0 Å². The summed E-state index contributed by atoms with van der Waals surface area (Å²) in [5.74, 6) is 0.522. The lowest BCUT2D eigenvalue weighted by Gasteiger charge is -2.22. The van der Waals surface area contributed by atoms with E-state index >= 15 is 0 Å². The zero-order valence-electron chi connectivity index (χ0n) is 11.7. The van der Waals surface area contributed by atoms with Crippen LogP contribution in [0.3, 0.4) is 0 Å². The van der Waals surface area contributed by atoms with Gasteiger partial charge in [-0.05, 0) is 12.0 Å². The van der Waals surface area contributed by atoms with Gasteiger partial charge in [-0.15, -0.1) is 0 Å². The molecule has 1 aromatic carbocycles. The minimum Gasteiger partial charge on any atom is -0.372 e. The summed E-state index contributed by atoms with van der Waals surface area (Å²) in [5, 5.41) is 4.19. The van der Waals surface area contributed by atoms with Crippen molar-refractivity contribution < 1.29 is 4.74 Å². The van der Waals surface area contributed by atoms with Crippen LogP contribution in [0.15, 0.2) is 24.3 Å². The number of ether oxygens (including phenoxy) is 1. The van der Waals surface area contributed by atoms with Crippen molar-refractivity contribution in [3.05, 3.63) is 34.9 Å². The standard InChI is InChI=1S/C15H24ClNO/c1-11(2)10-18-15(9-17-12(3)4)13-7-5-6-8-14(13)16/h5-8,11-12,15,17H,9-10H2,1-4H3. The molecule has 0 aliphatic rings. The lowest BCUT2D eigenvalue weighted by Crippen LogP contribution is -2.29. The average molecular weight is 270 g/mol. The third-order valence-corrected chi connectivity index (χ3v) is 2.94. The normalized spacial score (nSPS) is 13.3. The highest BCUT2D eigenvalue weighted by Gasteiger charge is 2.15. The summed E-state index contributed by atoms with van der Waals surface area (Å²) >= 11 is 6.24. The average Bonchev–Trinajstić information content (AvgIpc) is 2.30. The Hall–Kier alpha value is -0.570. The first-order valence-electron chi connectivity index (χ1n) is 6.60. The Kier molecular flexibility index (Phi) is 6.69. The van der Waals surface area contributed by atoms with E-state index < -0.39 is 0 Å². The van der Waals surface area contributed by atoms with E-state index in [4.69, 9.17) is 16.3 Å². The summed E-state index contributed by atoms with van der Waals surface area (Å²) in [5.41, 5.74) is 1.06. The molecule has 1 aromatic rings. The van der Waals surface area contributed by atoms with E-state index in [1.807, 2.05) is 24.3 Å². The van der Waals surface area contributed by atoms with Crippen molar-refractivity contribution in [1.29, 1.82) is 0 Å². The van der Waals surface area contributed by atoms with Gasteiger partial charge >= 0.3 is 0 Å². The van der Waals surface area contributed by atoms with E-state index in [0.29, 0.717) is 12.0 Å². The first-order chi connectivity index (χ1) is 8.50. The first-order valence-corrected chi connectivity index (χ1v) is 6.98. The molecule has 0 bridgehead atoms. The van der Waals surface area contributed by atoms with E-state index in [-0.39, 0.29) is 6.10 Å². The van der Waals surface area contributed by atoms with Crippen LogP contribution in [-0.2, 0) is 4.74 Å². The Morgan fingerprint density at radius 1 is 1.17 bits per heavy atom. The fourth-order valence-electron chi connectivity index (χ4n) is 1.65. The highest BCUT2D eigenvalue weighted by Crippen LogP contribution is 2.25. The second-order valence-electron chi connectivity index (χ2n) is 5.30. The monoisotopic (exact) mass is 269 g/mol. The third kappa shape index (κ3) is 5.38. The van der Waals surface area contributed by atoms with Gasteiger partial charge in [0.15, 0.2) is 0 Å². The van der Waals surface area contributed by atoms with Gasteiger partial charge in [0.1, 0.15) is 0 Å². The number of halogens is 1. The van der Waals surface area contributed by atoms with E-state index in [9.17, 15) is 0 Å². The molecule has 1 rings (SSSR count). The molecule has 2 nitrogen and oxygen atoms in total. The summed E-state index contributed by atoms with van der Waals surface area (Å²) in [4.78, 5) is 0. The quantitative estimate of drug-likeness (QED) is 0.806. The molecule has 102 valence electrons. The van der Waals surface area contributed by atoms with Gasteiger partial charge in [-0.1, -0.05) is 57.5 Å². The summed E-state index contributed by atoms with van der Waals surface area (Å²) in [6.45, 7) is 10.1. The van der Waals surface area contributed by atoms with Gasteiger partial charge in [-0.2, -0.15) is 0 Å². The maximum absolute atomic E-state index is 6.24. The Labute approximate surface area is 116 Å². The molecule has 0 aliphatic heterocycles. The van der Waals surface area contributed by atoms with E-state index in [0.717, 1.165) is 23.7 Å². The molecule has 3 heteroatoms. The van der Waals surface area contributed by atoms with Crippen LogP contribution in [0.4, 0.5) is 0 Å². The zero-order valence-corrected chi connectivity index (χ0v) is 12.5. The highest BCUT2D eigenvalue weighted by atomic mass is 35.5. The molecule has 0 saturated carbocycles. The second-order valence-corrected chi connectivity index (χ2v) is 5.71. The maximum atomic E-state index is 6.24. The van der Waals surface area contributed by atoms with Crippen molar-refractivity contribution in [2.75, 3.05) is 13.2 Å². The van der Waals surface area contributed by atoms with Crippen molar-refractivity contribution in [2.45, 2.75) is 39.8 Å². The van der Waals surface area contributed by atoms with Crippen molar-refractivity contribution in [2.24, 2.45) is 5.92 Å². The van der Waals surface area contributed by atoms with Crippen LogP contribution in [0.2, 0.25) is 5.02 Å². The van der Waals surface area contributed by atoms with E-state index in [1.54, 1.807) is 0 Å². The Morgan fingerprint density at radius 3 is 2.39 bits per heavy atom. The molecule has 0 spiro atoms. The molecule has 1 atom stereocenters. The lowest BCUT2D eigenvalue weighted by atomic mass is 10.1. The number of rotatable bonds is 7. The van der Waals surface area contributed by atoms with E-state index in [1.165, 1.54) is 0 Å². The van der Waals surface area contributed by atoms with Gasteiger partial charge in [0.2, 0.25) is 0 Å². The molecule has 1 unspecified atom stereocenters. The molecule has 0 amide bonds. The molecule has 1 N–H and O–H groups in total. The number of nitrogens with one attached hydrogen (secondary N) is 1. The molecule has 0 fully saturated rings. The fraction of sp³-hybridized carbons (Fsp3) is 0.600. The van der Waals surface area contributed by atoms with Crippen LogP contribution in [0.25, 0.3) is 0 Å². The Bertz CT molecular complexity index is 340. The lowest BCUT2D eigenvalue weighted by molar-refractivity contribution is 0.0341. The smallest absolute Gasteiger partial charge is 0.0963 e. The van der Waals surface area contributed by atoms with Crippen LogP contribution >= 0.6 is 11.6 Å². The summed E-state index contributed by atoms with van der Waals surface area (Å²) < 4.78 is 5.97. The zero-order chi connectivity index (χ0) is 13.5. The van der Waals surface area contributed by atoms with Gasteiger partial charge in [-0.3, -0.25) is 0 Å². The van der Waals surface area contributed by atoms with Gasteiger partial charge in [0.25, 0.3) is 0 Å². The summed E-state index contributed by atoms with van der Waals surface area (Å²) in [6, 6.07) is 8.34. The Morgan fingerprint density at radius 2 is 1.83 bits per heavy atom. The molecule has 0 aliphatic carbocycles. The minimum atomic E-state index is 0.0171. The Balaban J connectivity index is 2.73.